The summed E-state index contributed by atoms with van der Waals surface area (Å²) in [7, 11) is 0. The Morgan fingerprint density at radius 1 is 1.06 bits per heavy atom. The Bertz CT molecular complexity index is 1020. The highest BCUT2D eigenvalue weighted by molar-refractivity contribution is 5.97. The van der Waals surface area contributed by atoms with Crippen molar-refractivity contribution < 1.29 is 24.3 Å². The molecule has 0 aliphatic heterocycles. The second-order valence-electron chi connectivity index (χ2n) is 7.11. The van der Waals surface area contributed by atoms with Gasteiger partial charge in [-0.15, -0.1) is 0 Å². The molecule has 0 saturated carbocycles. The fraction of sp³-hybridized carbons (Fsp3) is 0.333. The second-order valence-corrected chi connectivity index (χ2v) is 7.11. The first-order valence-electron chi connectivity index (χ1n) is 10.3. The fourth-order valence-corrected chi connectivity index (χ4v) is 2.80. The van der Waals surface area contributed by atoms with Crippen LogP contribution >= 0.6 is 0 Å². The summed E-state index contributed by atoms with van der Waals surface area (Å²) in [6.07, 6.45) is 2.78. The predicted octanol–water partition coefficient (Wildman–Crippen LogP) is 1.34. The zero-order chi connectivity index (χ0) is 23.3. The van der Waals surface area contributed by atoms with Crippen molar-refractivity contribution in [2.75, 3.05) is 6.54 Å². The van der Waals surface area contributed by atoms with Gasteiger partial charge in [0.1, 0.15) is 11.8 Å². The number of unbranched alkanes of at least 4 members (excludes halogenated alkanes) is 2. The number of nitrogens with two attached hydrogens (primary N) is 1. The number of carbonyl (C=O) groups excluding carboxylic acids is 2. The van der Waals surface area contributed by atoms with Gasteiger partial charge in [-0.25, -0.2) is 5.48 Å². The molecule has 0 radical (unpaired) electrons. The molecule has 0 aliphatic carbocycles. The molecule has 0 spiro atoms. The first-order chi connectivity index (χ1) is 15.4. The zero-order valence-corrected chi connectivity index (χ0v) is 17.9. The maximum absolute atomic E-state index is 12.3. The van der Waals surface area contributed by atoms with Gasteiger partial charge in [-0.2, -0.15) is 0 Å². The molecular weight excluding hydrogens is 410 g/mol. The standard InChI is InChI=1S/C24H27N3O5/c1-17(28)22(24(30)27-31)26-23(29)19-12-10-18(11-13-19)7-4-5-9-21-15-14-20(32-21)8-3-2-6-16-25/h10-15,17,22,28,31H,2-3,6,8,16,25H2,1H3,(H,26,29)(H,27,30)/t17-,22+/m1/s1. The maximum atomic E-state index is 12.3. The number of aryl methyl sites for hydroxylation is 1. The van der Waals surface area contributed by atoms with Crippen LogP contribution in [0.5, 0.6) is 0 Å². The largest absolute Gasteiger partial charge is 0.453 e. The van der Waals surface area contributed by atoms with E-state index in [9.17, 15) is 14.7 Å². The van der Waals surface area contributed by atoms with E-state index in [1.807, 2.05) is 12.1 Å². The molecule has 8 heteroatoms. The van der Waals surface area contributed by atoms with Gasteiger partial charge in [0, 0.05) is 17.5 Å². The minimum Gasteiger partial charge on any atom is -0.453 e. The minimum atomic E-state index is -1.28. The van der Waals surface area contributed by atoms with E-state index in [1.54, 1.807) is 12.1 Å². The Morgan fingerprint density at radius 2 is 1.78 bits per heavy atom. The predicted molar refractivity (Wildman–Crippen MR) is 118 cm³/mol. The third kappa shape index (κ3) is 7.93. The average Bonchev–Trinajstić information content (AvgIpc) is 3.25. The topological polar surface area (TPSA) is 138 Å². The number of carbonyl (C=O) groups is 2. The van der Waals surface area contributed by atoms with Gasteiger partial charge >= 0.3 is 0 Å². The van der Waals surface area contributed by atoms with E-state index < -0.39 is 24.0 Å². The molecule has 2 aromatic rings. The van der Waals surface area contributed by atoms with Gasteiger partial charge in [-0.05, 0) is 80.5 Å². The van der Waals surface area contributed by atoms with Crippen molar-refractivity contribution in [3.8, 4) is 23.7 Å². The van der Waals surface area contributed by atoms with E-state index in [1.165, 1.54) is 24.5 Å². The Labute approximate surface area is 187 Å². The van der Waals surface area contributed by atoms with E-state index in [4.69, 9.17) is 15.4 Å². The highest BCUT2D eigenvalue weighted by Gasteiger charge is 2.25. The molecule has 1 heterocycles. The normalized spacial score (nSPS) is 11.9. The molecular formula is C24H27N3O5. The van der Waals surface area contributed by atoms with Gasteiger partial charge in [0.15, 0.2) is 5.76 Å². The van der Waals surface area contributed by atoms with Crippen molar-refractivity contribution in [2.24, 2.45) is 5.73 Å². The molecule has 6 N–H and O–H groups in total. The van der Waals surface area contributed by atoms with Crippen LogP contribution in [0.3, 0.4) is 0 Å². The van der Waals surface area contributed by atoms with Crippen molar-refractivity contribution in [3.63, 3.8) is 0 Å². The Kier molecular flexibility index (Phi) is 10.0. The molecule has 2 atom stereocenters. The summed E-state index contributed by atoms with van der Waals surface area (Å²) >= 11 is 0. The Balaban J connectivity index is 1.92. The smallest absolute Gasteiger partial charge is 0.268 e. The molecule has 32 heavy (non-hydrogen) atoms. The Hall–Kier alpha value is -3.56. The lowest BCUT2D eigenvalue weighted by Gasteiger charge is -2.19. The first-order valence-corrected chi connectivity index (χ1v) is 10.3. The van der Waals surface area contributed by atoms with Crippen LogP contribution in [-0.2, 0) is 11.2 Å². The third-order valence-electron chi connectivity index (χ3n) is 4.55. The van der Waals surface area contributed by atoms with Crippen molar-refractivity contribution in [3.05, 3.63) is 59.0 Å². The summed E-state index contributed by atoms with van der Waals surface area (Å²) < 4.78 is 5.65. The van der Waals surface area contributed by atoms with Crippen LogP contribution in [0.25, 0.3) is 0 Å². The van der Waals surface area contributed by atoms with Crippen LogP contribution in [0.4, 0.5) is 0 Å². The summed E-state index contributed by atoms with van der Waals surface area (Å²) in [6.45, 7) is 2.03. The minimum absolute atomic E-state index is 0.271. The second kappa shape index (κ2) is 13.0. The molecule has 2 amide bonds. The van der Waals surface area contributed by atoms with Crippen LogP contribution in [0.1, 0.15) is 53.6 Å². The quantitative estimate of drug-likeness (QED) is 0.174. The van der Waals surface area contributed by atoms with Crippen LogP contribution in [0.15, 0.2) is 40.8 Å². The monoisotopic (exact) mass is 437 g/mol. The fourth-order valence-electron chi connectivity index (χ4n) is 2.80. The first kappa shape index (κ1) is 24.7. The SMILES string of the molecule is C[C@@H](O)[C@H](NC(=O)c1ccc(C#CC#Cc2ccc(CCCCCN)o2)cc1)C(=O)NO. The number of hydroxylamine groups is 1. The van der Waals surface area contributed by atoms with Gasteiger partial charge in [-0.1, -0.05) is 12.3 Å². The molecule has 1 aromatic carbocycles. The molecule has 0 aliphatic rings. The number of rotatable bonds is 9. The highest BCUT2D eigenvalue weighted by atomic mass is 16.5. The number of hydrogen-bond donors (Lipinski definition) is 5. The zero-order valence-electron chi connectivity index (χ0n) is 17.9. The number of amides is 2. The molecule has 168 valence electrons. The van der Waals surface area contributed by atoms with Crippen molar-refractivity contribution >= 4 is 11.8 Å². The summed E-state index contributed by atoms with van der Waals surface area (Å²) in [5, 5.41) is 20.7. The summed E-state index contributed by atoms with van der Waals surface area (Å²) in [5.41, 5.74) is 7.81. The van der Waals surface area contributed by atoms with E-state index >= 15 is 0 Å². The van der Waals surface area contributed by atoms with E-state index in [2.05, 4.69) is 29.0 Å². The van der Waals surface area contributed by atoms with Gasteiger partial charge < -0.3 is 20.6 Å². The van der Waals surface area contributed by atoms with Crippen LogP contribution in [0.2, 0.25) is 0 Å². The number of aliphatic hydroxyl groups is 1. The molecule has 0 bridgehead atoms. The van der Waals surface area contributed by atoms with Gasteiger partial charge in [-0.3, -0.25) is 14.8 Å². The summed E-state index contributed by atoms with van der Waals surface area (Å²) in [5.74, 6) is 11.2. The number of nitrogens with one attached hydrogen (secondary N) is 2. The van der Waals surface area contributed by atoms with Crippen LogP contribution in [0, 0.1) is 23.7 Å². The van der Waals surface area contributed by atoms with Gasteiger partial charge in [0.05, 0.1) is 6.10 Å². The average molecular weight is 437 g/mol. The molecule has 8 nitrogen and oxygen atoms in total. The number of furan rings is 1. The van der Waals surface area contributed by atoms with E-state index in [0.29, 0.717) is 17.9 Å². The highest BCUT2D eigenvalue weighted by Crippen LogP contribution is 2.10. The van der Waals surface area contributed by atoms with E-state index in [0.717, 1.165) is 31.4 Å². The number of benzene rings is 1. The lowest BCUT2D eigenvalue weighted by atomic mass is 10.1. The van der Waals surface area contributed by atoms with Crippen molar-refractivity contribution in [2.45, 2.75) is 44.8 Å². The molecule has 2 rings (SSSR count). The molecule has 0 saturated heterocycles. The molecule has 0 unspecified atom stereocenters. The molecule has 1 aromatic heterocycles. The lowest BCUT2D eigenvalue weighted by molar-refractivity contribution is -0.133. The maximum Gasteiger partial charge on any atom is 0.268 e. The molecule has 0 fully saturated rings. The lowest BCUT2D eigenvalue weighted by Crippen LogP contribution is -2.51. The summed E-state index contributed by atoms with van der Waals surface area (Å²) in [6, 6.07) is 8.79. The van der Waals surface area contributed by atoms with E-state index in [-0.39, 0.29) is 5.56 Å². The summed E-state index contributed by atoms with van der Waals surface area (Å²) in [4.78, 5) is 23.8. The van der Waals surface area contributed by atoms with Crippen molar-refractivity contribution in [1.82, 2.24) is 10.8 Å². The van der Waals surface area contributed by atoms with Gasteiger partial charge in [0.25, 0.3) is 11.8 Å². The Morgan fingerprint density at radius 3 is 2.44 bits per heavy atom. The van der Waals surface area contributed by atoms with Crippen molar-refractivity contribution in [1.29, 1.82) is 0 Å². The number of aliphatic hydroxyl groups excluding tert-OH is 1. The van der Waals surface area contributed by atoms with Crippen LogP contribution < -0.4 is 16.5 Å². The van der Waals surface area contributed by atoms with Gasteiger partial charge in [0.2, 0.25) is 0 Å². The van der Waals surface area contributed by atoms with Crippen LogP contribution in [-0.4, -0.2) is 40.8 Å². The number of hydrogen-bond acceptors (Lipinski definition) is 6. The third-order valence-corrected chi connectivity index (χ3v) is 4.55.